The van der Waals surface area contributed by atoms with Gasteiger partial charge < -0.3 is 5.11 Å². The molecule has 0 saturated heterocycles. The van der Waals surface area contributed by atoms with Crippen LogP contribution in [0.3, 0.4) is 0 Å². The Morgan fingerprint density at radius 3 is 2.75 bits per heavy atom. The third kappa shape index (κ3) is 3.60. The van der Waals surface area contributed by atoms with Gasteiger partial charge in [-0.3, -0.25) is 4.90 Å². The fraction of sp³-hybridized carbons (Fsp3) is 0.417. The van der Waals surface area contributed by atoms with Gasteiger partial charge in [0.2, 0.25) is 0 Å². The highest BCUT2D eigenvalue weighted by molar-refractivity contribution is 9.10. The van der Waals surface area contributed by atoms with Crippen LogP contribution in [0.5, 0.6) is 0 Å². The van der Waals surface area contributed by atoms with Gasteiger partial charge in [0.1, 0.15) is 0 Å². The molecule has 86 valence electrons. The van der Waals surface area contributed by atoms with Crippen molar-refractivity contribution in [3.63, 3.8) is 0 Å². The van der Waals surface area contributed by atoms with Gasteiger partial charge in [-0.15, -0.1) is 0 Å². The molecule has 0 aromatic heterocycles. The van der Waals surface area contributed by atoms with Crippen molar-refractivity contribution < 1.29 is 5.11 Å². The highest BCUT2D eigenvalue weighted by Crippen LogP contribution is 2.19. The Hall–Kier alpha value is -0.890. The van der Waals surface area contributed by atoms with Crippen molar-refractivity contribution in [2.45, 2.75) is 13.5 Å². The first-order valence-corrected chi connectivity index (χ1v) is 6.02. The van der Waals surface area contributed by atoms with E-state index in [0.717, 1.165) is 23.1 Å². The lowest BCUT2D eigenvalue weighted by molar-refractivity contribution is 0.196. The zero-order valence-corrected chi connectivity index (χ0v) is 10.9. The molecule has 0 aliphatic heterocycles. The van der Waals surface area contributed by atoms with Gasteiger partial charge in [-0.2, -0.15) is 5.26 Å². The van der Waals surface area contributed by atoms with E-state index in [4.69, 9.17) is 10.4 Å². The molecule has 0 spiro atoms. The summed E-state index contributed by atoms with van der Waals surface area (Å²) in [6.45, 7) is 4.58. The molecule has 0 aliphatic rings. The predicted molar refractivity (Wildman–Crippen MR) is 66.9 cm³/mol. The zero-order valence-electron chi connectivity index (χ0n) is 9.28. The molecule has 1 aromatic rings. The molecule has 0 fully saturated rings. The molecule has 0 unspecified atom stereocenters. The molecule has 1 aromatic carbocycles. The quantitative estimate of drug-likeness (QED) is 0.900. The Labute approximate surface area is 104 Å². The van der Waals surface area contributed by atoms with E-state index in [2.05, 4.69) is 33.8 Å². The van der Waals surface area contributed by atoms with E-state index in [1.165, 1.54) is 0 Å². The van der Waals surface area contributed by atoms with E-state index in [9.17, 15) is 0 Å². The standard InChI is InChI=1S/C12H15BrN2O/c1-2-15(5-6-16)9-11-4-3-10(8-14)7-12(11)13/h3-4,7,16H,2,5-6,9H2,1H3. The fourth-order valence-corrected chi connectivity index (χ4v) is 1.98. The highest BCUT2D eigenvalue weighted by atomic mass is 79.9. The Balaban J connectivity index is 2.77. The molecule has 1 rings (SSSR count). The van der Waals surface area contributed by atoms with Crippen molar-refractivity contribution in [2.24, 2.45) is 0 Å². The van der Waals surface area contributed by atoms with Gasteiger partial charge in [-0.05, 0) is 24.2 Å². The first-order valence-electron chi connectivity index (χ1n) is 5.23. The fourth-order valence-electron chi connectivity index (χ4n) is 1.48. The van der Waals surface area contributed by atoms with E-state index < -0.39 is 0 Å². The van der Waals surface area contributed by atoms with Crippen LogP contribution < -0.4 is 0 Å². The van der Waals surface area contributed by atoms with Crippen molar-refractivity contribution in [1.82, 2.24) is 4.90 Å². The topological polar surface area (TPSA) is 47.3 Å². The number of aliphatic hydroxyl groups is 1. The smallest absolute Gasteiger partial charge is 0.0992 e. The third-order valence-corrected chi connectivity index (χ3v) is 3.18. The summed E-state index contributed by atoms with van der Waals surface area (Å²) in [6.07, 6.45) is 0. The molecule has 0 atom stereocenters. The van der Waals surface area contributed by atoms with E-state index in [1.54, 1.807) is 0 Å². The maximum atomic E-state index is 8.90. The number of benzene rings is 1. The minimum atomic E-state index is 0.168. The SMILES string of the molecule is CCN(CCO)Cc1ccc(C#N)cc1Br. The van der Waals surface area contributed by atoms with Crippen LogP contribution in [0.15, 0.2) is 22.7 Å². The van der Waals surface area contributed by atoms with E-state index >= 15 is 0 Å². The maximum Gasteiger partial charge on any atom is 0.0992 e. The van der Waals surface area contributed by atoms with Gasteiger partial charge >= 0.3 is 0 Å². The molecule has 1 N–H and O–H groups in total. The Morgan fingerprint density at radius 2 is 2.25 bits per heavy atom. The summed E-state index contributed by atoms with van der Waals surface area (Å²) in [7, 11) is 0. The number of aliphatic hydroxyl groups excluding tert-OH is 1. The molecule has 0 saturated carbocycles. The minimum absolute atomic E-state index is 0.168. The van der Waals surface area contributed by atoms with Crippen molar-refractivity contribution in [3.8, 4) is 6.07 Å². The van der Waals surface area contributed by atoms with E-state index in [0.29, 0.717) is 12.1 Å². The Kier molecular flexibility index (Phi) is 5.47. The Bertz CT molecular complexity index is 387. The molecular weight excluding hydrogens is 268 g/mol. The van der Waals surface area contributed by atoms with Crippen LogP contribution in [0.25, 0.3) is 0 Å². The van der Waals surface area contributed by atoms with Gasteiger partial charge in [-0.25, -0.2) is 0 Å². The van der Waals surface area contributed by atoms with Gasteiger partial charge in [0, 0.05) is 17.6 Å². The van der Waals surface area contributed by atoms with Crippen LogP contribution in [-0.2, 0) is 6.54 Å². The van der Waals surface area contributed by atoms with Gasteiger partial charge in [-0.1, -0.05) is 28.9 Å². The minimum Gasteiger partial charge on any atom is -0.395 e. The highest BCUT2D eigenvalue weighted by Gasteiger charge is 2.06. The summed E-state index contributed by atoms with van der Waals surface area (Å²) < 4.78 is 0.947. The normalized spacial score (nSPS) is 10.4. The van der Waals surface area contributed by atoms with Crippen LogP contribution in [-0.4, -0.2) is 29.7 Å². The summed E-state index contributed by atoms with van der Waals surface area (Å²) in [5.41, 5.74) is 1.79. The van der Waals surface area contributed by atoms with Gasteiger partial charge in [0.15, 0.2) is 0 Å². The second-order valence-electron chi connectivity index (χ2n) is 3.51. The lowest BCUT2D eigenvalue weighted by Gasteiger charge is -2.19. The molecule has 16 heavy (non-hydrogen) atoms. The number of nitrogens with zero attached hydrogens (tertiary/aromatic N) is 2. The van der Waals surface area contributed by atoms with E-state index in [1.807, 2.05) is 18.2 Å². The van der Waals surface area contributed by atoms with Crippen LogP contribution in [0, 0.1) is 11.3 Å². The van der Waals surface area contributed by atoms with Crippen LogP contribution in [0.4, 0.5) is 0 Å². The number of hydrogen-bond donors (Lipinski definition) is 1. The number of likely N-dealkylation sites (N-methyl/N-ethyl adjacent to an activating group) is 1. The van der Waals surface area contributed by atoms with Gasteiger partial charge in [0.05, 0.1) is 18.2 Å². The molecule has 0 amide bonds. The van der Waals surface area contributed by atoms with Crippen molar-refractivity contribution in [2.75, 3.05) is 19.7 Å². The first-order chi connectivity index (χ1) is 7.71. The molecule has 0 aliphatic carbocycles. The zero-order chi connectivity index (χ0) is 12.0. The summed E-state index contributed by atoms with van der Waals surface area (Å²) in [6, 6.07) is 7.68. The summed E-state index contributed by atoms with van der Waals surface area (Å²) in [4.78, 5) is 2.14. The number of hydrogen-bond acceptors (Lipinski definition) is 3. The lowest BCUT2D eigenvalue weighted by atomic mass is 10.1. The second-order valence-corrected chi connectivity index (χ2v) is 4.36. The van der Waals surface area contributed by atoms with Crippen molar-refractivity contribution in [1.29, 1.82) is 5.26 Å². The lowest BCUT2D eigenvalue weighted by Crippen LogP contribution is -2.26. The van der Waals surface area contributed by atoms with Crippen molar-refractivity contribution in [3.05, 3.63) is 33.8 Å². The summed E-state index contributed by atoms with van der Waals surface area (Å²) in [5, 5.41) is 17.7. The number of halogens is 1. The molecular formula is C12H15BrN2O. The first kappa shape index (κ1) is 13.2. The second kappa shape index (κ2) is 6.64. The largest absolute Gasteiger partial charge is 0.395 e. The van der Waals surface area contributed by atoms with Crippen LogP contribution >= 0.6 is 15.9 Å². The van der Waals surface area contributed by atoms with Crippen LogP contribution in [0.2, 0.25) is 0 Å². The molecule has 0 heterocycles. The molecule has 0 bridgehead atoms. The average Bonchev–Trinajstić information content (AvgIpc) is 2.30. The number of nitriles is 1. The monoisotopic (exact) mass is 282 g/mol. The predicted octanol–water partition coefficient (Wildman–Crippen LogP) is 2.13. The van der Waals surface area contributed by atoms with Gasteiger partial charge in [0.25, 0.3) is 0 Å². The summed E-state index contributed by atoms with van der Waals surface area (Å²) >= 11 is 3.46. The Morgan fingerprint density at radius 1 is 1.50 bits per heavy atom. The maximum absolute atomic E-state index is 8.90. The molecule has 0 radical (unpaired) electrons. The third-order valence-electron chi connectivity index (χ3n) is 2.44. The molecule has 4 heteroatoms. The van der Waals surface area contributed by atoms with Crippen molar-refractivity contribution >= 4 is 15.9 Å². The molecule has 3 nitrogen and oxygen atoms in total. The van der Waals surface area contributed by atoms with Crippen LogP contribution in [0.1, 0.15) is 18.1 Å². The van der Waals surface area contributed by atoms with E-state index in [-0.39, 0.29) is 6.61 Å². The average molecular weight is 283 g/mol. The number of rotatable bonds is 5. The summed E-state index contributed by atoms with van der Waals surface area (Å²) in [5.74, 6) is 0.